The van der Waals surface area contributed by atoms with Crippen molar-refractivity contribution in [1.82, 2.24) is 0 Å². The fourth-order valence-electron chi connectivity index (χ4n) is 0.774. The SMILES string of the molecule is CC(O)COC(=O)/C=C\C(=O)[O-].CC(O)COC(=O)/C=C\C(=O)[O-].C[CH]C.C[CH]C.[Sn+2]. The maximum absolute atomic E-state index is 10.5. The average molecular weight is 551 g/mol. The van der Waals surface area contributed by atoms with E-state index >= 15 is 0 Å². The van der Waals surface area contributed by atoms with Crippen LogP contribution in [0, 0.1) is 12.8 Å². The van der Waals surface area contributed by atoms with Gasteiger partial charge in [0.2, 0.25) is 0 Å². The summed E-state index contributed by atoms with van der Waals surface area (Å²) in [6.07, 6.45) is 5.04. The number of aliphatic hydroxyl groups excluding tert-OH is 2. The molecule has 176 valence electrons. The van der Waals surface area contributed by atoms with E-state index in [0.29, 0.717) is 12.2 Å². The van der Waals surface area contributed by atoms with Crippen molar-refractivity contribution in [2.75, 3.05) is 13.2 Å². The van der Waals surface area contributed by atoms with E-state index in [1.54, 1.807) is 0 Å². The van der Waals surface area contributed by atoms with Crippen LogP contribution in [0.3, 0.4) is 0 Å². The van der Waals surface area contributed by atoms with Crippen LogP contribution in [0.2, 0.25) is 0 Å². The van der Waals surface area contributed by atoms with Gasteiger partial charge in [-0.25, -0.2) is 9.59 Å². The van der Waals surface area contributed by atoms with Crippen LogP contribution >= 0.6 is 0 Å². The molecule has 2 unspecified atom stereocenters. The Labute approximate surface area is 200 Å². The molecule has 0 amide bonds. The zero-order valence-electron chi connectivity index (χ0n) is 18.7. The topological polar surface area (TPSA) is 173 Å². The number of carbonyl (C=O) groups is 4. The number of hydrogen-bond donors (Lipinski definition) is 2. The van der Waals surface area contributed by atoms with E-state index in [1.807, 2.05) is 40.5 Å². The molecule has 0 bridgehead atoms. The smallest absolute Gasteiger partial charge is 0.545 e. The minimum atomic E-state index is -1.47. The molecule has 0 fully saturated rings. The van der Waals surface area contributed by atoms with Crippen molar-refractivity contribution in [2.24, 2.45) is 0 Å². The van der Waals surface area contributed by atoms with Crippen LogP contribution in [0.5, 0.6) is 0 Å². The summed E-state index contributed by atoms with van der Waals surface area (Å²) in [5.41, 5.74) is 0. The van der Waals surface area contributed by atoms with Crippen LogP contribution in [0.1, 0.15) is 41.5 Å². The van der Waals surface area contributed by atoms with Crippen molar-refractivity contribution in [1.29, 1.82) is 0 Å². The molecule has 2 atom stereocenters. The van der Waals surface area contributed by atoms with E-state index in [4.69, 9.17) is 10.2 Å². The summed E-state index contributed by atoms with van der Waals surface area (Å²) in [7, 11) is 0. The monoisotopic (exact) mass is 552 g/mol. The molecule has 4 radical (unpaired) electrons. The van der Waals surface area contributed by atoms with E-state index in [2.05, 4.69) is 9.47 Å². The molecule has 31 heavy (non-hydrogen) atoms. The standard InChI is InChI=1S/2C7H10O5.2C3H7.Sn/c2*1-5(8)4-12-7(11)3-2-6(9)10;2*1-3-2;/h2*2-3,5,8H,4H2,1H3,(H,9,10);2*3H,1-2H3;/q;;;;+2/p-2/b2*3-2-;;;. The summed E-state index contributed by atoms with van der Waals surface area (Å²) in [5.74, 6) is -4.58. The molecular formula is C20H32O10Sn. The summed E-state index contributed by atoms with van der Waals surface area (Å²) < 4.78 is 8.77. The van der Waals surface area contributed by atoms with E-state index in [1.165, 1.54) is 13.8 Å². The van der Waals surface area contributed by atoms with Gasteiger partial charge in [0.1, 0.15) is 13.2 Å². The molecule has 0 aromatic carbocycles. The van der Waals surface area contributed by atoms with Gasteiger partial charge in [-0.2, -0.15) is 0 Å². The summed E-state index contributed by atoms with van der Waals surface area (Å²) in [6, 6.07) is 0. The van der Waals surface area contributed by atoms with E-state index < -0.39 is 36.1 Å². The Balaban J connectivity index is -0.000000113. The maximum atomic E-state index is 10.5. The fraction of sp³-hybridized carbons (Fsp3) is 0.500. The zero-order chi connectivity index (χ0) is 24.5. The number of carboxylic acid groups (broad SMARTS) is 2. The molecule has 0 aliphatic carbocycles. The van der Waals surface area contributed by atoms with Gasteiger partial charge in [-0.05, 0) is 38.8 Å². The first-order valence-corrected chi connectivity index (χ1v) is 8.83. The number of aliphatic carboxylic acids is 2. The third-order valence-electron chi connectivity index (χ3n) is 1.64. The van der Waals surface area contributed by atoms with Gasteiger partial charge in [0, 0.05) is 12.2 Å². The molecule has 0 spiro atoms. The molecule has 11 heteroatoms. The molecule has 0 heterocycles. The van der Waals surface area contributed by atoms with E-state index in [0.717, 1.165) is 12.2 Å². The first-order chi connectivity index (χ1) is 13.9. The Morgan fingerprint density at radius 1 is 0.710 bits per heavy atom. The molecule has 10 nitrogen and oxygen atoms in total. The molecule has 0 saturated carbocycles. The third kappa shape index (κ3) is 58.4. The van der Waals surface area contributed by atoms with Crippen molar-refractivity contribution < 1.29 is 49.1 Å². The normalized spacial score (nSPS) is 11.1. The summed E-state index contributed by atoms with van der Waals surface area (Å²) in [4.78, 5) is 40.7. The van der Waals surface area contributed by atoms with Crippen LogP contribution in [0.4, 0.5) is 0 Å². The Morgan fingerprint density at radius 3 is 1.10 bits per heavy atom. The molecule has 0 aliphatic rings. The Kier molecular flexibility index (Phi) is 38.6. The second-order valence-corrected chi connectivity index (χ2v) is 5.42. The van der Waals surface area contributed by atoms with Crippen molar-refractivity contribution in [3.8, 4) is 0 Å². The van der Waals surface area contributed by atoms with Crippen molar-refractivity contribution in [3.05, 3.63) is 37.1 Å². The van der Waals surface area contributed by atoms with Gasteiger partial charge < -0.3 is 39.5 Å². The van der Waals surface area contributed by atoms with Crippen LogP contribution < -0.4 is 10.2 Å². The Bertz CT molecular complexity index is 468. The molecule has 0 rings (SSSR count). The number of carbonyl (C=O) groups excluding carboxylic acids is 4. The maximum Gasteiger partial charge on any atom is 2.00 e. The molecule has 0 saturated heterocycles. The fourth-order valence-corrected chi connectivity index (χ4v) is 0.774. The Hall–Kier alpha value is -1.92. The van der Waals surface area contributed by atoms with E-state index in [-0.39, 0.29) is 37.1 Å². The van der Waals surface area contributed by atoms with Crippen LogP contribution in [0.25, 0.3) is 0 Å². The van der Waals surface area contributed by atoms with Gasteiger partial charge >= 0.3 is 35.8 Å². The predicted molar refractivity (Wildman–Crippen MR) is 111 cm³/mol. The second kappa shape index (κ2) is 30.3. The van der Waals surface area contributed by atoms with Crippen molar-refractivity contribution in [3.63, 3.8) is 0 Å². The number of carboxylic acids is 2. The zero-order valence-corrected chi connectivity index (χ0v) is 21.5. The van der Waals surface area contributed by atoms with Crippen LogP contribution in [0.15, 0.2) is 24.3 Å². The van der Waals surface area contributed by atoms with Crippen LogP contribution in [-0.4, -0.2) is 83.4 Å². The largest absolute Gasteiger partial charge is 2.00 e. The minimum Gasteiger partial charge on any atom is -0.545 e. The molecule has 0 aromatic rings. The van der Waals surface area contributed by atoms with Gasteiger partial charge in [-0.1, -0.05) is 27.7 Å². The molecule has 0 aliphatic heterocycles. The summed E-state index contributed by atoms with van der Waals surface area (Å²) in [5, 5.41) is 36.9. The second-order valence-electron chi connectivity index (χ2n) is 5.42. The number of aliphatic hydroxyl groups is 2. The summed E-state index contributed by atoms with van der Waals surface area (Å²) >= 11 is 0. The van der Waals surface area contributed by atoms with Crippen molar-refractivity contribution >= 4 is 47.8 Å². The first-order valence-electron chi connectivity index (χ1n) is 8.83. The van der Waals surface area contributed by atoms with Gasteiger partial charge in [-0.15, -0.1) is 0 Å². The average Bonchev–Trinajstić information content (AvgIpc) is 2.63. The summed E-state index contributed by atoms with van der Waals surface area (Å²) in [6.45, 7) is 10.6. The van der Waals surface area contributed by atoms with Crippen molar-refractivity contribution in [2.45, 2.75) is 53.8 Å². The number of rotatable bonds is 8. The van der Waals surface area contributed by atoms with Gasteiger partial charge in [-0.3, -0.25) is 0 Å². The predicted octanol–water partition coefficient (Wildman–Crippen LogP) is -1.49. The number of hydrogen-bond acceptors (Lipinski definition) is 10. The Morgan fingerprint density at radius 2 is 0.935 bits per heavy atom. The third-order valence-corrected chi connectivity index (χ3v) is 1.64. The van der Waals surface area contributed by atoms with Gasteiger partial charge in [0.05, 0.1) is 24.1 Å². The molecule has 0 aromatic heterocycles. The first kappa shape index (κ1) is 39.5. The van der Waals surface area contributed by atoms with Crippen LogP contribution in [-0.2, 0) is 28.7 Å². The number of ether oxygens (including phenoxy) is 2. The minimum absolute atomic E-state index is 0. The number of esters is 2. The quantitative estimate of drug-likeness (QED) is 0.206. The molecular weight excluding hydrogens is 519 g/mol. The van der Waals surface area contributed by atoms with Gasteiger partial charge in [0.25, 0.3) is 0 Å². The molecule has 2 N–H and O–H groups in total. The van der Waals surface area contributed by atoms with E-state index in [9.17, 15) is 29.4 Å². The van der Waals surface area contributed by atoms with Gasteiger partial charge in [0.15, 0.2) is 0 Å².